The van der Waals surface area contributed by atoms with Gasteiger partial charge in [0.05, 0.1) is 6.42 Å². The van der Waals surface area contributed by atoms with E-state index < -0.39 is 5.97 Å². The van der Waals surface area contributed by atoms with Crippen molar-refractivity contribution in [3.8, 4) is 0 Å². The molecule has 2 aromatic rings. The monoisotopic (exact) mass is 326 g/mol. The summed E-state index contributed by atoms with van der Waals surface area (Å²) in [6, 6.07) is 12.5. The lowest BCUT2D eigenvalue weighted by atomic mass is 9.87. The number of carboxylic acid groups (broad SMARTS) is 1. The van der Waals surface area contributed by atoms with Gasteiger partial charge in [-0.2, -0.15) is 0 Å². The molecule has 1 aromatic heterocycles. The van der Waals surface area contributed by atoms with E-state index in [2.05, 4.69) is 54.9 Å². The van der Waals surface area contributed by atoms with Crippen LogP contribution in [-0.4, -0.2) is 27.5 Å². The first-order valence-corrected chi connectivity index (χ1v) is 8.27. The summed E-state index contributed by atoms with van der Waals surface area (Å²) in [6.07, 6.45) is 3.72. The summed E-state index contributed by atoms with van der Waals surface area (Å²) in [5.41, 5.74) is 3.72. The third-order valence-electron chi connectivity index (χ3n) is 4.00. The van der Waals surface area contributed by atoms with E-state index in [1.54, 1.807) is 6.20 Å². The van der Waals surface area contributed by atoms with Crippen LogP contribution in [0.1, 0.15) is 43.9 Å². The van der Waals surface area contributed by atoms with E-state index in [4.69, 9.17) is 5.11 Å². The van der Waals surface area contributed by atoms with Crippen LogP contribution in [0.25, 0.3) is 0 Å². The Kier molecular flexibility index (Phi) is 6.10. The lowest BCUT2D eigenvalue weighted by Crippen LogP contribution is -2.25. The van der Waals surface area contributed by atoms with E-state index in [1.165, 1.54) is 11.1 Å². The molecule has 1 N–H and O–H groups in total. The van der Waals surface area contributed by atoms with Gasteiger partial charge in [0.1, 0.15) is 0 Å². The molecule has 0 aliphatic heterocycles. The van der Waals surface area contributed by atoms with Crippen molar-refractivity contribution in [3.63, 3.8) is 0 Å². The zero-order valence-corrected chi connectivity index (χ0v) is 14.7. The number of nitrogens with zero attached hydrogens (tertiary/aromatic N) is 2. The molecule has 4 nitrogen and oxygen atoms in total. The SMILES string of the molecule is CC(C)(C)c1ccc(CN(CCC(=O)O)Cc2cccnc2)cc1. The third kappa shape index (κ3) is 5.78. The minimum atomic E-state index is -0.769. The van der Waals surface area contributed by atoms with Gasteiger partial charge < -0.3 is 5.11 Å². The lowest BCUT2D eigenvalue weighted by Gasteiger charge is -2.23. The number of hydrogen-bond donors (Lipinski definition) is 1. The van der Waals surface area contributed by atoms with Gasteiger partial charge in [-0.3, -0.25) is 14.7 Å². The van der Waals surface area contributed by atoms with E-state index >= 15 is 0 Å². The fraction of sp³-hybridized carbons (Fsp3) is 0.400. The average molecular weight is 326 g/mol. The van der Waals surface area contributed by atoms with Crippen molar-refractivity contribution in [2.45, 2.75) is 45.7 Å². The molecular weight excluding hydrogens is 300 g/mol. The van der Waals surface area contributed by atoms with Crippen molar-refractivity contribution in [1.82, 2.24) is 9.88 Å². The summed E-state index contributed by atoms with van der Waals surface area (Å²) in [7, 11) is 0. The molecular formula is C20H26N2O2. The standard InChI is InChI=1S/C20H26N2O2/c1-20(2,3)18-8-6-16(7-9-18)14-22(12-10-19(23)24)15-17-5-4-11-21-13-17/h4-9,11,13H,10,12,14-15H2,1-3H3,(H,23,24). The molecule has 0 saturated heterocycles. The van der Waals surface area contributed by atoms with Crippen LogP contribution in [0.5, 0.6) is 0 Å². The maximum absolute atomic E-state index is 10.9. The van der Waals surface area contributed by atoms with Gasteiger partial charge in [-0.15, -0.1) is 0 Å². The summed E-state index contributed by atoms with van der Waals surface area (Å²) in [4.78, 5) is 17.2. The summed E-state index contributed by atoms with van der Waals surface area (Å²) in [6.45, 7) is 8.54. The molecule has 0 unspecified atom stereocenters. The number of benzene rings is 1. The Morgan fingerprint density at radius 2 is 1.75 bits per heavy atom. The van der Waals surface area contributed by atoms with E-state index in [0.29, 0.717) is 13.1 Å². The Morgan fingerprint density at radius 1 is 1.08 bits per heavy atom. The Hall–Kier alpha value is -2.20. The maximum Gasteiger partial charge on any atom is 0.304 e. The summed E-state index contributed by atoms with van der Waals surface area (Å²) >= 11 is 0. The van der Waals surface area contributed by atoms with E-state index in [0.717, 1.165) is 12.1 Å². The molecule has 0 bridgehead atoms. The molecule has 0 spiro atoms. The largest absolute Gasteiger partial charge is 0.481 e. The number of carboxylic acids is 1. The van der Waals surface area contributed by atoms with Gasteiger partial charge in [0.15, 0.2) is 0 Å². The van der Waals surface area contributed by atoms with E-state index in [-0.39, 0.29) is 11.8 Å². The molecule has 0 amide bonds. The average Bonchev–Trinajstić information content (AvgIpc) is 2.53. The second-order valence-corrected chi connectivity index (χ2v) is 7.16. The summed E-state index contributed by atoms with van der Waals surface area (Å²) < 4.78 is 0. The fourth-order valence-electron chi connectivity index (χ4n) is 2.59. The van der Waals surface area contributed by atoms with Crippen LogP contribution < -0.4 is 0 Å². The molecule has 0 saturated carbocycles. The highest BCUT2D eigenvalue weighted by molar-refractivity contribution is 5.66. The van der Waals surface area contributed by atoms with Gasteiger partial charge in [-0.1, -0.05) is 51.1 Å². The van der Waals surface area contributed by atoms with Gasteiger partial charge >= 0.3 is 5.97 Å². The van der Waals surface area contributed by atoms with Crippen LogP contribution in [-0.2, 0) is 23.3 Å². The smallest absolute Gasteiger partial charge is 0.304 e. The number of aromatic nitrogens is 1. The Labute approximate surface area is 144 Å². The van der Waals surface area contributed by atoms with Crippen LogP contribution in [0.15, 0.2) is 48.8 Å². The molecule has 4 heteroatoms. The van der Waals surface area contributed by atoms with Crippen LogP contribution in [0, 0.1) is 0 Å². The molecule has 0 aliphatic rings. The van der Waals surface area contributed by atoms with Crippen molar-refractivity contribution in [1.29, 1.82) is 0 Å². The van der Waals surface area contributed by atoms with Crippen LogP contribution in [0.4, 0.5) is 0 Å². The normalized spacial score (nSPS) is 11.7. The van der Waals surface area contributed by atoms with Crippen molar-refractivity contribution >= 4 is 5.97 Å². The quantitative estimate of drug-likeness (QED) is 0.839. The molecule has 0 fully saturated rings. The van der Waals surface area contributed by atoms with Crippen molar-refractivity contribution in [2.24, 2.45) is 0 Å². The first-order valence-electron chi connectivity index (χ1n) is 8.27. The van der Waals surface area contributed by atoms with Crippen molar-refractivity contribution < 1.29 is 9.90 Å². The zero-order chi connectivity index (χ0) is 17.6. The summed E-state index contributed by atoms with van der Waals surface area (Å²) in [5, 5.41) is 8.98. The second-order valence-electron chi connectivity index (χ2n) is 7.16. The van der Waals surface area contributed by atoms with Gasteiger partial charge in [0, 0.05) is 32.0 Å². The molecule has 0 atom stereocenters. The molecule has 1 aromatic carbocycles. The van der Waals surface area contributed by atoms with Gasteiger partial charge in [-0.05, 0) is 28.2 Å². The highest BCUT2D eigenvalue weighted by Gasteiger charge is 2.14. The van der Waals surface area contributed by atoms with E-state index in [9.17, 15) is 4.79 Å². The number of aliphatic carboxylic acids is 1. The van der Waals surface area contributed by atoms with Crippen LogP contribution in [0.3, 0.4) is 0 Å². The van der Waals surface area contributed by atoms with Gasteiger partial charge in [-0.25, -0.2) is 0 Å². The zero-order valence-electron chi connectivity index (χ0n) is 14.7. The predicted octanol–water partition coefficient (Wildman–Crippen LogP) is 3.86. The molecule has 0 radical (unpaired) electrons. The highest BCUT2D eigenvalue weighted by atomic mass is 16.4. The fourth-order valence-corrected chi connectivity index (χ4v) is 2.59. The number of pyridine rings is 1. The van der Waals surface area contributed by atoms with E-state index in [1.807, 2.05) is 18.3 Å². The first kappa shape index (κ1) is 18.1. The van der Waals surface area contributed by atoms with Crippen molar-refractivity contribution in [2.75, 3.05) is 6.54 Å². The minimum Gasteiger partial charge on any atom is -0.481 e. The highest BCUT2D eigenvalue weighted by Crippen LogP contribution is 2.22. The molecule has 0 aliphatic carbocycles. The molecule has 2 rings (SSSR count). The Morgan fingerprint density at radius 3 is 2.29 bits per heavy atom. The van der Waals surface area contributed by atoms with Gasteiger partial charge in [0.25, 0.3) is 0 Å². The van der Waals surface area contributed by atoms with Crippen LogP contribution >= 0.6 is 0 Å². The molecule has 24 heavy (non-hydrogen) atoms. The van der Waals surface area contributed by atoms with Crippen LogP contribution in [0.2, 0.25) is 0 Å². The van der Waals surface area contributed by atoms with Crippen molar-refractivity contribution in [3.05, 3.63) is 65.5 Å². The first-order chi connectivity index (χ1) is 11.3. The minimum absolute atomic E-state index is 0.136. The third-order valence-corrected chi connectivity index (χ3v) is 4.00. The maximum atomic E-state index is 10.9. The Bertz CT molecular complexity index is 646. The summed E-state index contributed by atoms with van der Waals surface area (Å²) in [5.74, 6) is -0.769. The number of rotatable bonds is 7. The topological polar surface area (TPSA) is 53.4 Å². The molecule has 1 heterocycles. The molecule has 128 valence electrons. The number of hydrogen-bond acceptors (Lipinski definition) is 3. The lowest BCUT2D eigenvalue weighted by molar-refractivity contribution is -0.137. The van der Waals surface area contributed by atoms with Gasteiger partial charge in [0.2, 0.25) is 0 Å². The predicted molar refractivity (Wildman–Crippen MR) is 95.7 cm³/mol. The second kappa shape index (κ2) is 8.06. The number of carbonyl (C=O) groups is 1. The Balaban J connectivity index is 2.07.